The van der Waals surface area contributed by atoms with Crippen LogP contribution in [0.2, 0.25) is 0 Å². The van der Waals surface area contributed by atoms with Crippen LogP contribution in [0.4, 0.5) is 5.69 Å². The lowest BCUT2D eigenvalue weighted by atomic mass is 10.1. The van der Waals surface area contributed by atoms with E-state index in [0.29, 0.717) is 18.0 Å². The lowest BCUT2D eigenvalue weighted by Crippen LogP contribution is -2.17. The second-order valence-electron chi connectivity index (χ2n) is 6.84. The third-order valence-corrected chi connectivity index (χ3v) is 5.11. The molecular weight excluding hydrogens is 418 g/mol. The van der Waals surface area contributed by atoms with E-state index in [9.17, 15) is 0 Å². The minimum Gasteiger partial charge on any atom is -0.493 e. The van der Waals surface area contributed by atoms with Gasteiger partial charge in [-0.2, -0.15) is 0 Å². The number of halogens is 1. The fourth-order valence-electron chi connectivity index (χ4n) is 3.21. The molecule has 0 bridgehead atoms. The van der Waals surface area contributed by atoms with Crippen LogP contribution in [0.15, 0.2) is 47.1 Å². The van der Waals surface area contributed by atoms with Crippen LogP contribution in [0.5, 0.6) is 17.2 Å². The standard InChI is InChI=1S/C22H26BrN3O2/c1-14-9-11-25-21-18(26-15(2)6-5-10-24)13-19(27-3)22(20(14)21)28-17-8-4-7-16(23)12-17/h4,7-9,11-13,15,26H,5-6,10,24H2,1-3H3. The van der Waals surface area contributed by atoms with Gasteiger partial charge in [0.1, 0.15) is 5.75 Å². The highest BCUT2D eigenvalue weighted by Crippen LogP contribution is 2.43. The molecule has 0 aliphatic heterocycles. The average Bonchev–Trinajstić information content (AvgIpc) is 2.68. The molecule has 3 N–H and O–H groups in total. The van der Waals surface area contributed by atoms with Crippen molar-refractivity contribution in [1.29, 1.82) is 0 Å². The van der Waals surface area contributed by atoms with Gasteiger partial charge in [0, 0.05) is 22.8 Å². The first-order valence-electron chi connectivity index (χ1n) is 9.39. The summed E-state index contributed by atoms with van der Waals surface area (Å²) < 4.78 is 12.9. The van der Waals surface area contributed by atoms with E-state index in [1.54, 1.807) is 7.11 Å². The summed E-state index contributed by atoms with van der Waals surface area (Å²) in [4.78, 5) is 4.64. The molecular formula is C22H26BrN3O2. The number of hydrogen-bond donors (Lipinski definition) is 2. The molecule has 5 nitrogen and oxygen atoms in total. The average molecular weight is 444 g/mol. The zero-order valence-electron chi connectivity index (χ0n) is 16.5. The Kier molecular flexibility index (Phi) is 6.75. The van der Waals surface area contributed by atoms with Gasteiger partial charge in [0.25, 0.3) is 0 Å². The van der Waals surface area contributed by atoms with Crippen molar-refractivity contribution in [2.24, 2.45) is 5.73 Å². The first-order valence-corrected chi connectivity index (χ1v) is 10.2. The van der Waals surface area contributed by atoms with Crippen LogP contribution in [0.1, 0.15) is 25.3 Å². The largest absolute Gasteiger partial charge is 0.493 e. The molecule has 28 heavy (non-hydrogen) atoms. The quantitative estimate of drug-likeness (QED) is 0.470. The summed E-state index contributed by atoms with van der Waals surface area (Å²) in [6.45, 7) is 4.89. The first-order chi connectivity index (χ1) is 13.5. The summed E-state index contributed by atoms with van der Waals surface area (Å²) in [5, 5.41) is 4.50. The van der Waals surface area contributed by atoms with Crippen LogP contribution in [0, 0.1) is 6.92 Å². The highest BCUT2D eigenvalue weighted by atomic mass is 79.9. The molecule has 0 aliphatic rings. The van der Waals surface area contributed by atoms with Gasteiger partial charge in [-0.15, -0.1) is 0 Å². The van der Waals surface area contributed by atoms with Crippen molar-refractivity contribution in [2.45, 2.75) is 32.7 Å². The van der Waals surface area contributed by atoms with E-state index < -0.39 is 0 Å². The van der Waals surface area contributed by atoms with Crippen LogP contribution in [-0.4, -0.2) is 24.7 Å². The lowest BCUT2D eigenvalue weighted by Gasteiger charge is -2.20. The Bertz CT molecular complexity index is 962. The number of aromatic nitrogens is 1. The molecule has 0 saturated heterocycles. The van der Waals surface area contributed by atoms with E-state index in [1.165, 1.54) is 0 Å². The lowest BCUT2D eigenvalue weighted by molar-refractivity contribution is 0.381. The molecule has 148 valence electrons. The predicted octanol–water partition coefficient (Wildman–Crippen LogP) is 5.65. The number of nitrogens with two attached hydrogens (primary N) is 1. The number of aryl methyl sites for hydroxylation is 1. The number of nitrogens with zero attached hydrogens (tertiary/aromatic N) is 1. The molecule has 0 spiro atoms. The Morgan fingerprint density at radius 1 is 1.25 bits per heavy atom. The van der Waals surface area contributed by atoms with Gasteiger partial charge in [-0.25, -0.2) is 0 Å². The summed E-state index contributed by atoms with van der Waals surface area (Å²) in [5.74, 6) is 2.06. The monoisotopic (exact) mass is 443 g/mol. The summed E-state index contributed by atoms with van der Waals surface area (Å²) in [6, 6.07) is 12.0. The second-order valence-corrected chi connectivity index (χ2v) is 7.76. The van der Waals surface area contributed by atoms with Gasteiger partial charge in [-0.1, -0.05) is 22.0 Å². The van der Waals surface area contributed by atoms with E-state index in [2.05, 4.69) is 40.1 Å². The number of ether oxygens (including phenoxy) is 2. The Hall–Kier alpha value is -2.31. The van der Waals surface area contributed by atoms with E-state index in [0.717, 1.165) is 45.2 Å². The number of hydrogen-bond acceptors (Lipinski definition) is 5. The van der Waals surface area contributed by atoms with Gasteiger partial charge in [-0.05, 0) is 63.1 Å². The molecule has 3 rings (SSSR count). The predicted molar refractivity (Wildman–Crippen MR) is 119 cm³/mol. The van der Waals surface area contributed by atoms with Gasteiger partial charge in [0.15, 0.2) is 11.5 Å². The van der Waals surface area contributed by atoms with Gasteiger partial charge in [-0.3, -0.25) is 4.98 Å². The molecule has 6 heteroatoms. The minimum atomic E-state index is 0.274. The van der Waals surface area contributed by atoms with Crippen molar-refractivity contribution in [3.05, 3.63) is 52.6 Å². The Morgan fingerprint density at radius 3 is 2.79 bits per heavy atom. The van der Waals surface area contributed by atoms with E-state index in [4.69, 9.17) is 15.2 Å². The van der Waals surface area contributed by atoms with Gasteiger partial charge >= 0.3 is 0 Å². The van der Waals surface area contributed by atoms with Crippen molar-refractivity contribution in [3.63, 3.8) is 0 Å². The topological polar surface area (TPSA) is 69.4 Å². The van der Waals surface area contributed by atoms with E-state index >= 15 is 0 Å². The number of fused-ring (bicyclic) bond motifs is 1. The number of anilines is 1. The molecule has 0 fully saturated rings. The number of nitrogens with one attached hydrogen (secondary N) is 1. The van der Waals surface area contributed by atoms with Crippen LogP contribution < -0.4 is 20.5 Å². The fourth-order valence-corrected chi connectivity index (χ4v) is 3.59. The highest BCUT2D eigenvalue weighted by Gasteiger charge is 2.19. The van der Waals surface area contributed by atoms with E-state index in [-0.39, 0.29) is 6.04 Å². The molecule has 1 heterocycles. The molecule has 1 atom stereocenters. The van der Waals surface area contributed by atoms with Crippen LogP contribution >= 0.6 is 15.9 Å². The third-order valence-electron chi connectivity index (χ3n) is 4.62. The maximum Gasteiger partial charge on any atom is 0.179 e. The van der Waals surface area contributed by atoms with Crippen molar-refractivity contribution in [1.82, 2.24) is 4.98 Å². The number of methoxy groups -OCH3 is 1. The van der Waals surface area contributed by atoms with Crippen LogP contribution in [0.3, 0.4) is 0 Å². The summed E-state index contributed by atoms with van der Waals surface area (Å²) in [7, 11) is 1.66. The molecule has 0 saturated carbocycles. The molecule has 2 aromatic carbocycles. The molecule has 0 amide bonds. The summed E-state index contributed by atoms with van der Waals surface area (Å²) in [5.41, 5.74) is 8.52. The van der Waals surface area contributed by atoms with Gasteiger partial charge in [0.05, 0.1) is 23.7 Å². The van der Waals surface area contributed by atoms with E-state index in [1.807, 2.05) is 42.6 Å². The summed E-state index contributed by atoms with van der Waals surface area (Å²) >= 11 is 3.49. The van der Waals surface area contributed by atoms with Crippen LogP contribution in [0.25, 0.3) is 10.9 Å². The Balaban J connectivity index is 2.10. The van der Waals surface area contributed by atoms with Gasteiger partial charge in [0.2, 0.25) is 0 Å². The zero-order valence-corrected chi connectivity index (χ0v) is 18.0. The maximum absolute atomic E-state index is 6.26. The highest BCUT2D eigenvalue weighted by molar-refractivity contribution is 9.10. The van der Waals surface area contributed by atoms with Crippen molar-refractivity contribution >= 4 is 32.5 Å². The number of pyridine rings is 1. The van der Waals surface area contributed by atoms with Crippen molar-refractivity contribution in [3.8, 4) is 17.2 Å². The Morgan fingerprint density at radius 2 is 2.07 bits per heavy atom. The van der Waals surface area contributed by atoms with Crippen molar-refractivity contribution < 1.29 is 9.47 Å². The smallest absolute Gasteiger partial charge is 0.179 e. The molecule has 0 radical (unpaired) electrons. The molecule has 1 unspecified atom stereocenters. The maximum atomic E-state index is 6.26. The van der Waals surface area contributed by atoms with Gasteiger partial charge < -0.3 is 20.5 Å². The zero-order chi connectivity index (χ0) is 20.1. The van der Waals surface area contributed by atoms with Crippen molar-refractivity contribution in [2.75, 3.05) is 19.0 Å². The number of benzene rings is 2. The Labute approximate surface area is 174 Å². The molecule has 3 aromatic rings. The fraction of sp³-hybridized carbons (Fsp3) is 0.318. The normalized spacial score (nSPS) is 12.0. The third kappa shape index (κ3) is 4.56. The molecule has 0 aliphatic carbocycles. The molecule has 1 aromatic heterocycles. The SMILES string of the molecule is COc1cc(NC(C)CCCN)c2nccc(C)c2c1Oc1cccc(Br)c1. The van der Waals surface area contributed by atoms with Crippen LogP contribution in [-0.2, 0) is 0 Å². The first kappa shape index (κ1) is 20.4. The summed E-state index contributed by atoms with van der Waals surface area (Å²) in [6.07, 6.45) is 3.78. The number of rotatable bonds is 8. The second kappa shape index (κ2) is 9.26. The minimum absolute atomic E-state index is 0.274.